The summed E-state index contributed by atoms with van der Waals surface area (Å²) in [5.41, 5.74) is 2.76. The first-order valence-corrected chi connectivity index (χ1v) is 7.39. The lowest BCUT2D eigenvalue weighted by molar-refractivity contribution is 0.261. The fourth-order valence-electron chi connectivity index (χ4n) is 2.75. The number of benzene rings is 2. The molecule has 2 nitrogen and oxygen atoms in total. The number of rotatable bonds is 4. The Morgan fingerprint density at radius 3 is 2.25 bits per heavy atom. The van der Waals surface area contributed by atoms with E-state index in [1.165, 1.54) is 17.8 Å². The molecule has 2 aromatic carbocycles. The van der Waals surface area contributed by atoms with Gasteiger partial charge < -0.3 is 4.90 Å². The average Bonchev–Trinajstić information content (AvgIpc) is 2.55. The highest BCUT2D eigenvalue weighted by atomic mass is 15.3. The van der Waals surface area contributed by atoms with Crippen molar-refractivity contribution in [3.05, 3.63) is 66.2 Å². The number of anilines is 1. The van der Waals surface area contributed by atoms with E-state index in [2.05, 4.69) is 58.3 Å². The van der Waals surface area contributed by atoms with Gasteiger partial charge in [0.2, 0.25) is 0 Å². The molecule has 0 atom stereocenters. The molecule has 103 valence electrons. The molecule has 0 aliphatic carbocycles. The van der Waals surface area contributed by atoms with E-state index >= 15 is 0 Å². The minimum Gasteiger partial charge on any atom is -0.369 e. The van der Waals surface area contributed by atoms with E-state index in [4.69, 9.17) is 0 Å². The molecule has 2 aromatic rings. The molecule has 0 amide bonds. The van der Waals surface area contributed by atoms with Crippen LogP contribution in [0.5, 0.6) is 0 Å². The van der Waals surface area contributed by atoms with Crippen molar-refractivity contribution in [2.75, 3.05) is 37.6 Å². The maximum Gasteiger partial charge on any atom is 0.0367 e. The van der Waals surface area contributed by atoms with Crippen molar-refractivity contribution < 1.29 is 0 Å². The lowest BCUT2D eigenvalue weighted by Crippen LogP contribution is -2.46. The van der Waals surface area contributed by atoms with Crippen molar-refractivity contribution in [2.24, 2.45) is 0 Å². The van der Waals surface area contributed by atoms with Gasteiger partial charge in [-0.15, -0.1) is 0 Å². The van der Waals surface area contributed by atoms with E-state index in [1.54, 1.807) is 0 Å². The Bertz CT molecular complexity index is 501. The van der Waals surface area contributed by atoms with E-state index in [0.717, 1.165) is 32.6 Å². The van der Waals surface area contributed by atoms with Gasteiger partial charge >= 0.3 is 0 Å². The molecule has 3 rings (SSSR count). The maximum atomic E-state index is 3.08. The number of hydrogen-bond acceptors (Lipinski definition) is 2. The van der Waals surface area contributed by atoms with Crippen LogP contribution in [0.25, 0.3) is 0 Å². The van der Waals surface area contributed by atoms with Gasteiger partial charge in [-0.2, -0.15) is 0 Å². The van der Waals surface area contributed by atoms with Crippen molar-refractivity contribution in [1.82, 2.24) is 4.90 Å². The highest BCUT2D eigenvalue weighted by Gasteiger charge is 2.16. The van der Waals surface area contributed by atoms with Crippen molar-refractivity contribution in [3.63, 3.8) is 0 Å². The summed E-state index contributed by atoms with van der Waals surface area (Å²) in [6.45, 7) is 5.73. The Hall–Kier alpha value is -1.80. The maximum absolute atomic E-state index is 3.08. The minimum absolute atomic E-state index is 1.12. The summed E-state index contributed by atoms with van der Waals surface area (Å²) in [6.07, 6.45) is 1.15. The van der Waals surface area contributed by atoms with Crippen LogP contribution in [0, 0.1) is 6.07 Å². The monoisotopic (exact) mass is 265 g/mol. The largest absolute Gasteiger partial charge is 0.369 e. The Labute approximate surface area is 121 Å². The smallest absolute Gasteiger partial charge is 0.0367 e. The summed E-state index contributed by atoms with van der Waals surface area (Å²) in [7, 11) is 0. The zero-order valence-electron chi connectivity index (χ0n) is 11.8. The summed E-state index contributed by atoms with van der Waals surface area (Å²) in [5.74, 6) is 0. The number of nitrogens with zero attached hydrogens (tertiary/aromatic N) is 2. The van der Waals surface area contributed by atoms with Crippen LogP contribution in [-0.2, 0) is 6.42 Å². The normalized spacial score (nSPS) is 16.3. The highest BCUT2D eigenvalue weighted by Crippen LogP contribution is 2.15. The van der Waals surface area contributed by atoms with E-state index in [0.29, 0.717) is 0 Å². The van der Waals surface area contributed by atoms with E-state index < -0.39 is 0 Å². The molecule has 1 radical (unpaired) electrons. The summed E-state index contributed by atoms with van der Waals surface area (Å²) in [5, 5.41) is 0. The molecule has 0 unspecified atom stereocenters. The van der Waals surface area contributed by atoms with Crippen LogP contribution < -0.4 is 4.90 Å². The lowest BCUT2D eigenvalue weighted by Gasteiger charge is -2.36. The molecule has 0 spiro atoms. The Balaban J connectivity index is 1.47. The van der Waals surface area contributed by atoms with Gasteiger partial charge in [-0.3, -0.25) is 4.90 Å². The topological polar surface area (TPSA) is 6.48 Å². The van der Waals surface area contributed by atoms with E-state index in [1.807, 2.05) is 12.1 Å². The molecule has 20 heavy (non-hydrogen) atoms. The quantitative estimate of drug-likeness (QED) is 0.839. The molecule has 0 bridgehead atoms. The molecule has 0 saturated carbocycles. The van der Waals surface area contributed by atoms with Crippen LogP contribution in [0.1, 0.15) is 5.56 Å². The van der Waals surface area contributed by atoms with Crippen molar-refractivity contribution in [2.45, 2.75) is 6.42 Å². The van der Waals surface area contributed by atoms with Crippen LogP contribution in [0.2, 0.25) is 0 Å². The van der Waals surface area contributed by atoms with E-state index in [9.17, 15) is 0 Å². The first-order chi connectivity index (χ1) is 9.92. The average molecular weight is 265 g/mol. The van der Waals surface area contributed by atoms with Gasteiger partial charge in [0.1, 0.15) is 0 Å². The fourth-order valence-corrected chi connectivity index (χ4v) is 2.75. The van der Waals surface area contributed by atoms with Gasteiger partial charge in [0.25, 0.3) is 0 Å². The minimum atomic E-state index is 1.12. The molecule has 1 fully saturated rings. The van der Waals surface area contributed by atoms with Gasteiger partial charge in [-0.25, -0.2) is 0 Å². The Morgan fingerprint density at radius 1 is 0.850 bits per heavy atom. The first-order valence-electron chi connectivity index (χ1n) is 7.39. The second kappa shape index (κ2) is 6.58. The fraction of sp³-hybridized carbons (Fsp3) is 0.333. The van der Waals surface area contributed by atoms with Crippen molar-refractivity contribution >= 4 is 5.69 Å². The third-order valence-corrected chi connectivity index (χ3v) is 4.00. The SMILES string of the molecule is [c]1ccc(N2CCN(CCc3ccccc3)CC2)cc1. The summed E-state index contributed by atoms with van der Waals surface area (Å²) in [6, 6.07) is 22.2. The van der Waals surface area contributed by atoms with Gasteiger partial charge in [-0.1, -0.05) is 42.5 Å². The molecule has 1 aliphatic heterocycles. The predicted molar refractivity (Wildman–Crippen MR) is 84.1 cm³/mol. The molecular formula is C18H21N2. The van der Waals surface area contributed by atoms with Gasteiger partial charge in [0.05, 0.1) is 0 Å². The van der Waals surface area contributed by atoms with Crippen molar-refractivity contribution in [3.8, 4) is 0 Å². The lowest BCUT2D eigenvalue weighted by atomic mass is 10.1. The molecular weight excluding hydrogens is 244 g/mol. The molecule has 0 N–H and O–H groups in total. The summed E-state index contributed by atoms with van der Waals surface area (Å²) >= 11 is 0. The standard InChI is InChI=1S/C18H21N2/c1-3-7-17(8-4-1)11-12-19-13-15-20(16-14-19)18-9-5-2-6-10-18/h1,3-10H,11-16H2. The molecule has 2 heteroatoms. The van der Waals surface area contributed by atoms with Crippen LogP contribution in [0.4, 0.5) is 5.69 Å². The van der Waals surface area contributed by atoms with E-state index in [-0.39, 0.29) is 0 Å². The number of hydrogen-bond donors (Lipinski definition) is 0. The van der Waals surface area contributed by atoms with Crippen LogP contribution in [-0.4, -0.2) is 37.6 Å². The molecule has 1 aliphatic rings. The third kappa shape index (κ3) is 3.40. The second-order valence-electron chi connectivity index (χ2n) is 5.32. The summed E-state index contributed by atoms with van der Waals surface area (Å²) in [4.78, 5) is 5.03. The first kappa shape index (κ1) is 13.2. The molecule has 1 saturated heterocycles. The molecule has 1 heterocycles. The third-order valence-electron chi connectivity index (χ3n) is 4.00. The van der Waals surface area contributed by atoms with Gasteiger partial charge in [-0.05, 0) is 30.2 Å². The van der Waals surface area contributed by atoms with Crippen LogP contribution in [0.15, 0.2) is 54.6 Å². The predicted octanol–water partition coefficient (Wildman–Crippen LogP) is 2.85. The van der Waals surface area contributed by atoms with Crippen LogP contribution >= 0.6 is 0 Å². The summed E-state index contributed by atoms with van der Waals surface area (Å²) < 4.78 is 0. The van der Waals surface area contributed by atoms with Gasteiger partial charge in [0.15, 0.2) is 0 Å². The number of piperazine rings is 1. The zero-order chi connectivity index (χ0) is 13.6. The van der Waals surface area contributed by atoms with Gasteiger partial charge in [0, 0.05) is 38.4 Å². The molecule has 0 aromatic heterocycles. The highest BCUT2D eigenvalue weighted by molar-refractivity contribution is 5.46. The van der Waals surface area contributed by atoms with Crippen LogP contribution in [0.3, 0.4) is 0 Å². The second-order valence-corrected chi connectivity index (χ2v) is 5.32. The Kier molecular flexibility index (Phi) is 4.34. The zero-order valence-corrected chi connectivity index (χ0v) is 11.8. The Morgan fingerprint density at radius 2 is 1.55 bits per heavy atom. The van der Waals surface area contributed by atoms with Crippen molar-refractivity contribution in [1.29, 1.82) is 0 Å².